The third kappa shape index (κ3) is 3.15. The van der Waals surface area contributed by atoms with E-state index in [0.717, 1.165) is 5.56 Å². The van der Waals surface area contributed by atoms with Crippen LogP contribution < -0.4 is 0 Å². The maximum absolute atomic E-state index is 12.1. The number of rotatable bonds is 4. The Bertz CT molecular complexity index is 861. The average Bonchev–Trinajstić information content (AvgIpc) is 2.84. The lowest BCUT2D eigenvalue weighted by molar-refractivity contribution is 0.254. The van der Waals surface area contributed by atoms with Gasteiger partial charge in [0.25, 0.3) is 10.0 Å². The summed E-state index contributed by atoms with van der Waals surface area (Å²) < 4.78 is 28.0. The SMILES string of the molecule is O=S1(=O)N=C(N(CCO)/N=C/c2ccccc2)c2ccccc21. The number of benzene rings is 2. The maximum Gasteiger partial charge on any atom is 0.285 e. The number of fused-ring (bicyclic) bond motifs is 1. The second-order valence-electron chi connectivity index (χ2n) is 4.89. The molecule has 1 aliphatic heterocycles. The molecule has 6 nitrogen and oxygen atoms in total. The molecule has 0 bridgehead atoms. The molecule has 0 aromatic heterocycles. The Morgan fingerprint density at radius 1 is 1.09 bits per heavy atom. The fourth-order valence-corrected chi connectivity index (χ4v) is 3.47. The molecule has 2 aromatic carbocycles. The van der Waals surface area contributed by atoms with Gasteiger partial charge in [-0.05, 0) is 17.7 Å². The maximum atomic E-state index is 12.1. The molecule has 118 valence electrons. The number of sulfonamides is 1. The minimum atomic E-state index is -3.71. The monoisotopic (exact) mass is 329 g/mol. The summed E-state index contributed by atoms with van der Waals surface area (Å²) in [5.41, 5.74) is 1.36. The lowest BCUT2D eigenvalue weighted by atomic mass is 10.2. The minimum absolute atomic E-state index is 0.145. The van der Waals surface area contributed by atoms with E-state index >= 15 is 0 Å². The van der Waals surface area contributed by atoms with Crippen LogP contribution in [0.3, 0.4) is 0 Å². The first-order valence-corrected chi connectivity index (χ1v) is 8.47. The second-order valence-corrected chi connectivity index (χ2v) is 6.46. The summed E-state index contributed by atoms with van der Waals surface area (Å²) in [6, 6.07) is 16.0. The van der Waals surface area contributed by atoms with Crippen molar-refractivity contribution < 1.29 is 13.5 Å². The molecule has 2 aromatic rings. The highest BCUT2D eigenvalue weighted by molar-refractivity contribution is 7.90. The quantitative estimate of drug-likeness (QED) is 0.680. The smallest absolute Gasteiger partial charge is 0.285 e. The van der Waals surface area contributed by atoms with E-state index in [9.17, 15) is 13.5 Å². The lowest BCUT2D eigenvalue weighted by Gasteiger charge is -2.17. The van der Waals surface area contributed by atoms with Gasteiger partial charge in [-0.15, -0.1) is 4.40 Å². The molecule has 3 rings (SSSR count). The molecule has 0 amide bonds. The normalized spacial score (nSPS) is 15.4. The zero-order valence-corrected chi connectivity index (χ0v) is 13.0. The van der Waals surface area contributed by atoms with Crippen LogP contribution in [-0.2, 0) is 10.0 Å². The minimum Gasteiger partial charge on any atom is -0.394 e. The number of hydrazone groups is 1. The molecule has 0 spiro atoms. The van der Waals surface area contributed by atoms with Crippen LogP contribution in [0.25, 0.3) is 0 Å². The average molecular weight is 329 g/mol. The van der Waals surface area contributed by atoms with E-state index < -0.39 is 10.0 Å². The Balaban J connectivity index is 1.98. The summed E-state index contributed by atoms with van der Waals surface area (Å²) in [6.07, 6.45) is 1.60. The third-order valence-electron chi connectivity index (χ3n) is 3.31. The molecular weight excluding hydrogens is 314 g/mol. The van der Waals surface area contributed by atoms with Crippen molar-refractivity contribution in [2.75, 3.05) is 13.2 Å². The first-order valence-electron chi connectivity index (χ1n) is 7.03. The topological polar surface area (TPSA) is 82.3 Å². The van der Waals surface area contributed by atoms with Crippen LogP contribution in [0.4, 0.5) is 0 Å². The van der Waals surface area contributed by atoms with Crippen molar-refractivity contribution in [3.8, 4) is 0 Å². The van der Waals surface area contributed by atoms with Gasteiger partial charge in [-0.25, -0.2) is 5.01 Å². The molecule has 23 heavy (non-hydrogen) atoms. The summed E-state index contributed by atoms with van der Waals surface area (Å²) >= 11 is 0. The molecule has 7 heteroatoms. The molecular formula is C16H15N3O3S. The standard InChI is InChI=1S/C16H15N3O3S/c20-11-10-19(17-12-13-6-2-1-3-7-13)16-14-8-4-5-9-15(14)23(21,22)18-16/h1-9,12,20H,10-11H2/b17-12+. The molecule has 1 aliphatic rings. The van der Waals surface area contributed by atoms with Gasteiger partial charge >= 0.3 is 0 Å². The number of amidine groups is 1. The Labute approximate surface area is 134 Å². The molecule has 0 aliphatic carbocycles. The van der Waals surface area contributed by atoms with Gasteiger partial charge in [0.1, 0.15) is 4.90 Å². The van der Waals surface area contributed by atoms with Crippen LogP contribution in [0.1, 0.15) is 11.1 Å². The fourth-order valence-electron chi connectivity index (χ4n) is 2.26. The second kappa shape index (κ2) is 6.31. The van der Waals surface area contributed by atoms with E-state index in [1.165, 1.54) is 11.1 Å². The number of aliphatic hydroxyl groups is 1. The molecule has 0 saturated carbocycles. The van der Waals surface area contributed by atoms with Gasteiger partial charge in [-0.3, -0.25) is 0 Å². The predicted molar refractivity (Wildman–Crippen MR) is 88.0 cm³/mol. The highest BCUT2D eigenvalue weighted by Gasteiger charge is 2.31. The summed E-state index contributed by atoms with van der Waals surface area (Å²) in [7, 11) is -3.71. The van der Waals surface area contributed by atoms with E-state index in [1.807, 2.05) is 30.3 Å². The van der Waals surface area contributed by atoms with Gasteiger partial charge in [-0.2, -0.15) is 13.5 Å². The third-order valence-corrected chi connectivity index (χ3v) is 4.64. The zero-order valence-electron chi connectivity index (χ0n) is 12.2. The molecule has 1 N–H and O–H groups in total. The Hall–Kier alpha value is -2.51. The largest absolute Gasteiger partial charge is 0.394 e. The first-order chi connectivity index (χ1) is 11.1. The number of aliphatic hydroxyl groups excluding tert-OH is 1. The van der Waals surface area contributed by atoms with Crippen molar-refractivity contribution in [3.05, 3.63) is 65.7 Å². The van der Waals surface area contributed by atoms with Crippen LogP contribution in [0.2, 0.25) is 0 Å². The van der Waals surface area contributed by atoms with Gasteiger partial charge < -0.3 is 5.11 Å². The van der Waals surface area contributed by atoms with Crippen LogP contribution in [0, 0.1) is 0 Å². The Morgan fingerprint density at radius 2 is 1.78 bits per heavy atom. The van der Waals surface area contributed by atoms with E-state index in [0.29, 0.717) is 5.56 Å². The number of nitrogens with zero attached hydrogens (tertiary/aromatic N) is 3. The van der Waals surface area contributed by atoms with Crippen molar-refractivity contribution in [1.82, 2.24) is 5.01 Å². The Kier molecular flexibility index (Phi) is 4.22. The number of hydrogen-bond donors (Lipinski definition) is 1. The van der Waals surface area contributed by atoms with Crippen LogP contribution in [0.15, 0.2) is 69.0 Å². The van der Waals surface area contributed by atoms with Gasteiger partial charge in [0, 0.05) is 5.56 Å². The van der Waals surface area contributed by atoms with E-state index in [4.69, 9.17) is 0 Å². The molecule has 0 unspecified atom stereocenters. The van der Waals surface area contributed by atoms with Crippen molar-refractivity contribution in [2.24, 2.45) is 9.50 Å². The molecule has 0 saturated heterocycles. The zero-order chi connectivity index (χ0) is 16.3. The highest BCUT2D eigenvalue weighted by atomic mass is 32.2. The Morgan fingerprint density at radius 3 is 2.52 bits per heavy atom. The van der Waals surface area contributed by atoms with Crippen molar-refractivity contribution in [3.63, 3.8) is 0 Å². The van der Waals surface area contributed by atoms with Gasteiger partial charge in [0.05, 0.1) is 19.4 Å². The summed E-state index contributed by atoms with van der Waals surface area (Å²) in [6.45, 7) is -0.0284. The van der Waals surface area contributed by atoms with Crippen LogP contribution in [-0.4, -0.2) is 43.7 Å². The van der Waals surface area contributed by atoms with E-state index in [-0.39, 0.29) is 23.9 Å². The van der Waals surface area contributed by atoms with Gasteiger partial charge in [0.15, 0.2) is 5.84 Å². The fraction of sp³-hybridized carbons (Fsp3) is 0.125. The molecule has 0 radical (unpaired) electrons. The van der Waals surface area contributed by atoms with E-state index in [1.54, 1.807) is 24.4 Å². The van der Waals surface area contributed by atoms with Crippen molar-refractivity contribution >= 4 is 22.1 Å². The van der Waals surface area contributed by atoms with Gasteiger partial charge in [-0.1, -0.05) is 42.5 Å². The van der Waals surface area contributed by atoms with Gasteiger partial charge in [0.2, 0.25) is 0 Å². The molecule has 0 fully saturated rings. The van der Waals surface area contributed by atoms with Crippen molar-refractivity contribution in [2.45, 2.75) is 4.90 Å². The first kappa shape index (κ1) is 15.4. The van der Waals surface area contributed by atoms with Crippen LogP contribution >= 0.6 is 0 Å². The highest BCUT2D eigenvalue weighted by Crippen LogP contribution is 2.27. The summed E-state index contributed by atoms with van der Waals surface area (Å²) in [5.74, 6) is 0.224. The van der Waals surface area contributed by atoms with Crippen molar-refractivity contribution in [1.29, 1.82) is 0 Å². The summed E-state index contributed by atoms with van der Waals surface area (Å²) in [4.78, 5) is 0.160. The van der Waals surface area contributed by atoms with Crippen LogP contribution in [0.5, 0.6) is 0 Å². The lowest BCUT2D eigenvalue weighted by Crippen LogP contribution is -2.28. The molecule has 1 heterocycles. The predicted octanol–water partition coefficient (Wildman–Crippen LogP) is 1.46. The molecule has 0 atom stereocenters. The summed E-state index contributed by atoms with van der Waals surface area (Å²) in [5, 5.41) is 14.9. The van der Waals surface area contributed by atoms with E-state index in [2.05, 4.69) is 9.50 Å². The number of hydrogen-bond acceptors (Lipinski definition) is 5.